The van der Waals surface area contributed by atoms with E-state index in [-0.39, 0.29) is 0 Å². The second kappa shape index (κ2) is 8.79. The van der Waals surface area contributed by atoms with Crippen LogP contribution < -0.4 is 4.74 Å². The molecule has 1 fully saturated rings. The summed E-state index contributed by atoms with van der Waals surface area (Å²) in [6, 6.07) is 8.03. The third-order valence-corrected chi connectivity index (χ3v) is 6.82. The third-order valence-electron chi connectivity index (χ3n) is 6.82. The molecule has 2 aromatic heterocycles. The lowest BCUT2D eigenvalue weighted by molar-refractivity contribution is 0.241. The van der Waals surface area contributed by atoms with Crippen LogP contribution in [-0.2, 0) is 19.5 Å². The Labute approximate surface area is 184 Å². The van der Waals surface area contributed by atoms with Gasteiger partial charge < -0.3 is 4.74 Å². The van der Waals surface area contributed by atoms with Crippen molar-refractivity contribution in [2.75, 3.05) is 13.7 Å². The van der Waals surface area contributed by atoms with Crippen molar-refractivity contribution in [1.82, 2.24) is 24.6 Å². The molecule has 1 saturated carbocycles. The van der Waals surface area contributed by atoms with E-state index in [2.05, 4.69) is 23.1 Å². The molecule has 3 aromatic rings. The fourth-order valence-corrected chi connectivity index (χ4v) is 4.91. The van der Waals surface area contributed by atoms with Gasteiger partial charge in [0.15, 0.2) is 0 Å². The van der Waals surface area contributed by atoms with Gasteiger partial charge in [-0.2, -0.15) is 5.10 Å². The summed E-state index contributed by atoms with van der Waals surface area (Å²) in [7, 11) is 1.69. The minimum Gasteiger partial charge on any atom is -0.497 e. The standard InChI is InChI=1S/C25H31N5O/c1-18-20(15-27-30(18)22-8-10-23(31-2)11-9-22)16-29-13-12-24-21(17-29)14-26-25(28-24)19-6-4-3-5-7-19/h8-11,14-15,19H,3-7,12-13,16-17H2,1-2H3. The Bertz CT molecular complexity index is 1040. The fourth-order valence-electron chi connectivity index (χ4n) is 4.91. The molecule has 6 heteroatoms. The van der Waals surface area contributed by atoms with Crippen molar-refractivity contribution in [2.45, 2.75) is 64.5 Å². The maximum atomic E-state index is 5.26. The average Bonchev–Trinajstić information content (AvgIpc) is 3.19. The number of methoxy groups -OCH3 is 1. The van der Waals surface area contributed by atoms with Gasteiger partial charge in [-0.15, -0.1) is 0 Å². The first kappa shape index (κ1) is 20.2. The first-order valence-electron chi connectivity index (χ1n) is 11.5. The fraction of sp³-hybridized carbons (Fsp3) is 0.480. The molecule has 0 bridgehead atoms. The normalized spacial score (nSPS) is 17.5. The van der Waals surface area contributed by atoms with Crippen LogP contribution in [0.25, 0.3) is 5.69 Å². The lowest BCUT2D eigenvalue weighted by Gasteiger charge is -2.29. The van der Waals surface area contributed by atoms with E-state index >= 15 is 0 Å². The Morgan fingerprint density at radius 2 is 1.87 bits per heavy atom. The van der Waals surface area contributed by atoms with Gasteiger partial charge in [-0.25, -0.2) is 14.6 Å². The van der Waals surface area contributed by atoms with Gasteiger partial charge in [0.1, 0.15) is 11.6 Å². The monoisotopic (exact) mass is 417 g/mol. The van der Waals surface area contributed by atoms with E-state index in [0.29, 0.717) is 5.92 Å². The lowest BCUT2D eigenvalue weighted by Crippen LogP contribution is -2.31. The highest BCUT2D eigenvalue weighted by Crippen LogP contribution is 2.31. The number of hydrogen-bond acceptors (Lipinski definition) is 5. The average molecular weight is 418 g/mol. The van der Waals surface area contributed by atoms with Crippen molar-refractivity contribution in [3.63, 3.8) is 0 Å². The molecular weight excluding hydrogens is 386 g/mol. The van der Waals surface area contributed by atoms with Crippen molar-refractivity contribution in [2.24, 2.45) is 0 Å². The molecule has 0 amide bonds. The molecule has 0 atom stereocenters. The quantitative estimate of drug-likeness (QED) is 0.608. The van der Waals surface area contributed by atoms with Crippen molar-refractivity contribution >= 4 is 0 Å². The summed E-state index contributed by atoms with van der Waals surface area (Å²) in [6.07, 6.45) is 11.6. The van der Waals surface area contributed by atoms with Crippen molar-refractivity contribution in [1.29, 1.82) is 0 Å². The predicted molar refractivity (Wildman–Crippen MR) is 121 cm³/mol. The van der Waals surface area contributed by atoms with Crippen LogP contribution in [0.2, 0.25) is 0 Å². The minimum absolute atomic E-state index is 0.573. The van der Waals surface area contributed by atoms with E-state index in [1.54, 1.807) is 7.11 Å². The first-order valence-corrected chi connectivity index (χ1v) is 11.5. The molecule has 0 radical (unpaired) electrons. The van der Waals surface area contributed by atoms with Crippen LogP contribution >= 0.6 is 0 Å². The van der Waals surface area contributed by atoms with Gasteiger partial charge in [0.25, 0.3) is 0 Å². The molecule has 0 unspecified atom stereocenters. The Morgan fingerprint density at radius 1 is 1.06 bits per heavy atom. The highest BCUT2D eigenvalue weighted by Gasteiger charge is 2.23. The number of fused-ring (bicyclic) bond motifs is 1. The molecular formula is C25H31N5O. The van der Waals surface area contributed by atoms with Crippen molar-refractivity contribution < 1.29 is 4.74 Å². The molecule has 1 aliphatic heterocycles. The number of nitrogens with zero attached hydrogens (tertiary/aromatic N) is 5. The van der Waals surface area contributed by atoms with Crippen LogP contribution in [0.15, 0.2) is 36.7 Å². The van der Waals surface area contributed by atoms with Crippen LogP contribution in [-0.4, -0.2) is 38.3 Å². The van der Waals surface area contributed by atoms with Crippen LogP contribution in [0.1, 0.15) is 66.4 Å². The number of ether oxygens (including phenoxy) is 1. The zero-order valence-electron chi connectivity index (χ0n) is 18.5. The van der Waals surface area contributed by atoms with E-state index in [9.17, 15) is 0 Å². The van der Waals surface area contributed by atoms with Crippen LogP contribution in [0.3, 0.4) is 0 Å². The van der Waals surface area contributed by atoms with Gasteiger partial charge in [0, 0.05) is 60.7 Å². The summed E-state index contributed by atoms with van der Waals surface area (Å²) in [5.41, 5.74) is 6.04. The second-order valence-corrected chi connectivity index (χ2v) is 8.86. The molecule has 3 heterocycles. The molecule has 0 spiro atoms. The minimum atomic E-state index is 0.573. The summed E-state index contributed by atoms with van der Waals surface area (Å²) in [4.78, 5) is 12.2. The maximum absolute atomic E-state index is 5.26. The maximum Gasteiger partial charge on any atom is 0.131 e. The van der Waals surface area contributed by atoms with Gasteiger partial charge in [0.05, 0.1) is 19.0 Å². The van der Waals surface area contributed by atoms with Gasteiger partial charge in [-0.3, -0.25) is 4.90 Å². The van der Waals surface area contributed by atoms with Gasteiger partial charge in [-0.1, -0.05) is 19.3 Å². The Morgan fingerprint density at radius 3 is 2.65 bits per heavy atom. The highest BCUT2D eigenvalue weighted by molar-refractivity contribution is 5.39. The SMILES string of the molecule is COc1ccc(-n2ncc(CN3CCc4nc(C5CCCCC5)ncc4C3)c2C)cc1. The largest absolute Gasteiger partial charge is 0.497 e. The molecule has 5 rings (SSSR count). The summed E-state index contributed by atoms with van der Waals surface area (Å²) in [6.45, 7) is 4.98. The zero-order valence-corrected chi connectivity index (χ0v) is 18.5. The second-order valence-electron chi connectivity index (χ2n) is 8.86. The summed E-state index contributed by atoms with van der Waals surface area (Å²) >= 11 is 0. The number of aromatic nitrogens is 4. The van der Waals surface area contributed by atoms with Gasteiger partial charge >= 0.3 is 0 Å². The smallest absolute Gasteiger partial charge is 0.131 e. The molecule has 0 saturated heterocycles. The van der Waals surface area contributed by atoms with E-state index in [1.165, 1.54) is 54.6 Å². The molecule has 0 N–H and O–H groups in total. The summed E-state index contributed by atoms with van der Waals surface area (Å²) in [5, 5.41) is 4.64. The Kier molecular flexibility index (Phi) is 5.72. The molecule has 6 nitrogen and oxygen atoms in total. The highest BCUT2D eigenvalue weighted by atomic mass is 16.5. The van der Waals surface area contributed by atoms with Crippen LogP contribution in [0.4, 0.5) is 0 Å². The molecule has 162 valence electrons. The molecule has 1 aromatic carbocycles. The number of rotatable bonds is 5. The van der Waals surface area contributed by atoms with Crippen LogP contribution in [0.5, 0.6) is 5.75 Å². The van der Waals surface area contributed by atoms with Gasteiger partial charge in [-0.05, 0) is 44.0 Å². The molecule has 2 aliphatic rings. The Hall–Kier alpha value is -2.73. The summed E-state index contributed by atoms with van der Waals surface area (Å²) in [5.74, 6) is 2.52. The van der Waals surface area contributed by atoms with E-state index < -0.39 is 0 Å². The van der Waals surface area contributed by atoms with E-state index in [4.69, 9.17) is 14.7 Å². The number of benzene rings is 1. The first-order chi connectivity index (χ1) is 15.2. The van der Waals surface area contributed by atoms with E-state index in [0.717, 1.165) is 43.3 Å². The van der Waals surface area contributed by atoms with Crippen LogP contribution in [0, 0.1) is 6.92 Å². The summed E-state index contributed by atoms with van der Waals surface area (Å²) < 4.78 is 7.27. The van der Waals surface area contributed by atoms with Gasteiger partial charge in [0.2, 0.25) is 0 Å². The lowest BCUT2D eigenvalue weighted by atomic mass is 9.88. The molecule has 1 aliphatic carbocycles. The Balaban J connectivity index is 1.27. The van der Waals surface area contributed by atoms with E-state index in [1.807, 2.05) is 35.1 Å². The van der Waals surface area contributed by atoms with Crippen molar-refractivity contribution in [3.05, 3.63) is 65.0 Å². The topological polar surface area (TPSA) is 56.1 Å². The number of hydrogen-bond donors (Lipinski definition) is 0. The molecule has 31 heavy (non-hydrogen) atoms. The predicted octanol–water partition coefficient (Wildman–Crippen LogP) is 4.59. The third kappa shape index (κ3) is 4.22. The zero-order chi connectivity index (χ0) is 21.2. The van der Waals surface area contributed by atoms with Crippen molar-refractivity contribution in [3.8, 4) is 11.4 Å².